The average molecular weight is 338 g/mol. The predicted molar refractivity (Wildman–Crippen MR) is 87.7 cm³/mol. The van der Waals surface area contributed by atoms with Gasteiger partial charge in [-0.2, -0.15) is 0 Å². The van der Waals surface area contributed by atoms with Gasteiger partial charge in [0.05, 0.1) is 9.77 Å². The molecular weight excluding hydrogens is 320 g/mol. The average Bonchev–Trinajstić information content (AvgIpc) is 3.06. The molecule has 5 nitrogen and oxygen atoms in total. The van der Waals surface area contributed by atoms with Gasteiger partial charge in [-0.3, -0.25) is 4.79 Å². The molecule has 1 amide bonds. The van der Waals surface area contributed by atoms with Crippen LogP contribution in [0.4, 0.5) is 0 Å². The number of benzene rings is 1. The Morgan fingerprint density at radius 3 is 2.45 bits per heavy atom. The van der Waals surface area contributed by atoms with Gasteiger partial charge >= 0.3 is 0 Å². The molecule has 0 radical (unpaired) electrons. The summed E-state index contributed by atoms with van der Waals surface area (Å²) >= 11 is 1.34. The van der Waals surface area contributed by atoms with Crippen LogP contribution < -0.4 is 10.0 Å². The van der Waals surface area contributed by atoms with Crippen LogP contribution in [0, 0.1) is 0 Å². The zero-order valence-corrected chi connectivity index (χ0v) is 13.8. The fourth-order valence-corrected chi connectivity index (χ4v) is 3.52. The second kappa shape index (κ2) is 7.53. The molecule has 0 aliphatic carbocycles. The van der Waals surface area contributed by atoms with E-state index in [2.05, 4.69) is 10.0 Å². The summed E-state index contributed by atoms with van der Waals surface area (Å²) in [5, 5.41) is 4.49. The Labute approximate surface area is 134 Å². The standard InChI is InChI=1S/C15H18N2O3S2/c1-2-12-5-7-13(8-6-12)22(19,20)17-10-9-16-15(18)14-4-3-11-21-14/h3-8,11,17H,2,9-10H2,1H3,(H,16,18). The lowest BCUT2D eigenvalue weighted by Crippen LogP contribution is -2.34. The Morgan fingerprint density at radius 2 is 1.86 bits per heavy atom. The third-order valence-electron chi connectivity index (χ3n) is 3.09. The molecule has 7 heteroatoms. The van der Waals surface area contributed by atoms with Crippen LogP contribution >= 0.6 is 11.3 Å². The molecule has 0 saturated heterocycles. The molecule has 22 heavy (non-hydrogen) atoms. The lowest BCUT2D eigenvalue weighted by Gasteiger charge is -2.08. The van der Waals surface area contributed by atoms with Gasteiger partial charge in [-0.15, -0.1) is 11.3 Å². The topological polar surface area (TPSA) is 75.3 Å². The largest absolute Gasteiger partial charge is 0.350 e. The van der Waals surface area contributed by atoms with Crippen LogP contribution in [0.5, 0.6) is 0 Å². The van der Waals surface area contributed by atoms with Crippen LogP contribution in [-0.4, -0.2) is 27.4 Å². The molecule has 0 saturated carbocycles. The van der Waals surface area contributed by atoms with Gasteiger partial charge in [0.1, 0.15) is 0 Å². The van der Waals surface area contributed by atoms with E-state index in [0.29, 0.717) is 4.88 Å². The number of nitrogens with one attached hydrogen (secondary N) is 2. The third kappa shape index (κ3) is 4.40. The second-order valence-electron chi connectivity index (χ2n) is 4.63. The molecule has 0 aliphatic rings. The number of rotatable bonds is 7. The maximum Gasteiger partial charge on any atom is 0.261 e. The van der Waals surface area contributed by atoms with E-state index in [-0.39, 0.29) is 23.9 Å². The van der Waals surface area contributed by atoms with Crippen molar-refractivity contribution in [1.29, 1.82) is 0 Å². The Hall–Kier alpha value is -1.70. The predicted octanol–water partition coefficient (Wildman–Crippen LogP) is 2.02. The summed E-state index contributed by atoms with van der Waals surface area (Å²) < 4.78 is 26.6. The Kier molecular flexibility index (Phi) is 5.70. The monoisotopic (exact) mass is 338 g/mol. The van der Waals surface area contributed by atoms with E-state index in [4.69, 9.17) is 0 Å². The minimum atomic E-state index is -3.54. The lowest BCUT2D eigenvalue weighted by atomic mass is 10.2. The summed E-state index contributed by atoms with van der Waals surface area (Å²) in [7, 11) is -3.54. The van der Waals surface area contributed by atoms with Gasteiger partial charge in [0.15, 0.2) is 0 Å². The maximum atomic E-state index is 12.1. The van der Waals surface area contributed by atoms with Gasteiger partial charge < -0.3 is 5.32 Å². The van der Waals surface area contributed by atoms with Crippen molar-refractivity contribution in [2.24, 2.45) is 0 Å². The molecule has 2 N–H and O–H groups in total. The van der Waals surface area contributed by atoms with Gasteiger partial charge in [0, 0.05) is 13.1 Å². The van der Waals surface area contributed by atoms with E-state index in [1.807, 2.05) is 12.3 Å². The highest BCUT2D eigenvalue weighted by atomic mass is 32.2. The number of carbonyl (C=O) groups is 1. The van der Waals surface area contributed by atoms with Crippen LogP contribution in [0.15, 0.2) is 46.7 Å². The minimum Gasteiger partial charge on any atom is -0.350 e. The highest BCUT2D eigenvalue weighted by molar-refractivity contribution is 7.89. The molecule has 0 bridgehead atoms. The maximum absolute atomic E-state index is 12.1. The molecule has 2 rings (SSSR count). The van der Waals surface area contributed by atoms with E-state index < -0.39 is 10.0 Å². The van der Waals surface area contributed by atoms with Gasteiger partial charge in [-0.25, -0.2) is 13.1 Å². The first-order valence-electron chi connectivity index (χ1n) is 6.93. The molecule has 1 aromatic heterocycles. The molecule has 0 aliphatic heterocycles. The number of sulfonamides is 1. The van der Waals surface area contributed by atoms with Crippen LogP contribution in [0.1, 0.15) is 22.2 Å². The number of hydrogen-bond donors (Lipinski definition) is 2. The Bertz CT molecular complexity index is 708. The molecule has 118 valence electrons. The second-order valence-corrected chi connectivity index (χ2v) is 7.34. The smallest absolute Gasteiger partial charge is 0.261 e. The number of amides is 1. The zero-order valence-electron chi connectivity index (χ0n) is 12.2. The molecule has 1 aromatic carbocycles. The van der Waals surface area contributed by atoms with E-state index in [1.54, 1.807) is 36.4 Å². The van der Waals surface area contributed by atoms with Crippen LogP contribution in [0.2, 0.25) is 0 Å². The number of thiophene rings is 1. The summed E-state index contributed by atoms with van der Waals surface area (Å²) in [5.41, 5.74) is 1.09. The van der Waals surface area contributed by atoms with Crippen LogP contribution in [-0.2, 0) is 16.4 Å². The van der Waals surface area contributed by atoms with Crippen molar-refractivity contribution >= 4 is 27.3 Å². The first-order chi connectivity index (χ1) is 10.5. The summed E-state index contributed by atoms with van der Waals surface area (Å²) in [6, 6.07) is 10.3. The zero-order chi connectivity index (χ0) is 16.0. The van der Waals surface area contributed by atoms with Crippen molar-refractivity contribution in [2.45, 2.75) is 18.2 Å². The number of aryl methyl sites for hydroxylation is 1. The molecule has 2 aromatic rings. The van der Waals surface area contributed by atoms with E-state index in [0.717, 1.165) is 12.0 Å². The minimum absolute atomic E-state index is 0.148. The SMILES string of the molecule is CCc1ccc(S(=O)(=O)NCCNC(=O)c2cccs2)cc1. The van der Waals surface area contributed by atoms with Crippen LogP contribution in [0.3, 0.4) is 0 Å². The fourth-order valence-electron chi connectivity index (χ4n) is 1.84. The first-order valence-corrected chi connectivity index (χ1v) is 9.29. The molecular formula is C15H18N2O3S2. The third-order valence-corrected chi connectivity index (χ3v) is 5.44. The molecule has 0 unspecified atom stereocenters. The number of hydrogen-bond acceptors (Lipinski definition) is 4. The summed E-state index contributed by atoms with van der Waals surface area (Å²) in [5.74, 6) is -0.193. The first kappa shape index (κ1) is 16.7. The highest BCUT2D eigenvalue weighted by Crippen LogP contribution is 2.10. The Balaban J connectivity index is 1.83. The number of carbonyl (C=O) groups excluding carboxylic acids is 1. The Morgan fingerprint density at radius 1 is 1.14 bits per heavy atom. The summed E-state index contributed by atoms with van der Waals surface area (Å²) in [6.45, 7) is 2.40. The molecule has 1 heterocycles. The van der Waals surface area contributed by atoms with Gasteiger partial charge in [0.25, 0.3) is 5.91 Å². The summed E-state index contributed by atoms with van der Waals surface area (Å²) in [4.78, 5) is 12.5. The van der Waals surface area contributed by atoms with Crippen molar-refractivity contribution in [1.82, 2.24) is 10.0 Å². The quantitative estimate of drug-likeness (QED) is 0.759. The molecule has 0 spiro atoms. The fraction of sp³-hybridized carbons (Fsp3) is 0.267. The van der Waals surface area contributed by atoms with E-state index in [9.17, 15) is 13.2 Å². The van der Waals surface area contributed by atoms with Gasteiger partial charge in [0.2, 0.25) is 10.0 Å². The van der Waals surface area contributed by atoms with Crippen molar-refractivity contribution < 1.29 is 13.2 Å². The van der Waals surface area contributed by atoms with E-state index >= 15 is 0 Å². The molecule has 0 fully saturated rings. The summed E-state index contributed by atoms with van der Waals surface area (Å²) in [6.07, 6.45) is 0.864. The van der Waals surface area contributed by atoms with Crippen LogP contribution in [0.25, 0.3) is 0 Å². The van der Waals surface area contributed by atoms with Crippen molar-refractivity contribution in [2.75, 3.05) is 13.1 Å². The van der Waals surface area contributed by atoms with Gasteiger partial charge in [-0.05, 0) is 35.6 Å². The van der Waals surface area contributed by atoms with Crippen molar-refractivity contribution in [3.63, 3.8) is 0 Å². The molecule has 0 atom stereocenters. The van der Waals surface area contributed by atoms with Crippen molar-refractivity contribution in [3.05, 3.63) is 52.2 Å². The van der Waals surface area contributed by atoms with E-state index in [1.165, 1.54) is 11.3 Å². The van der Waals surface area contributed by atoms with Gasteiger partial charge in [-0.1, -0.05) is 25.1 Å². The lowest BCUT2D eigenvalue weighted by molar-refractivity contribution is 0.0958. The van der Waals surface area contributed by atoms with Crippen molar-refractivity contribution in [3.8, 4) is 0 Å². The normalized spacial score (nSPS) is 11.3. The highest BCUT2D eigenvalue weighted by Gasteiger charge is 2.13.